The number of halogens is 2. The third-order valence-electron chi connectivity index (χ3n) is 1.75. The summed E-state index contributed by atoms with van der Waals surface area (Å²) in [6, 6.07) is 1.40. The van der Waals surface area contributed by atoms with Crippen LogP contribution in [-0.2, 0) is 0 Å². The molecule has 0 spiro atoms. The number of rotatable bonds is 4. The molecule has 0 fully saturated rings. The Labute approximate surface area is 142 Å². The molecule has 1 aromatic rings. The Hall–Kier alpha value is 0.124. The second-order valence-corrected chi connectivity index (χ2v) is 14.2. The fourth-order valence-electron chi connectivity index (χ4n) is 1.16. The van der Waals surface area contributed by atoms with E-state index in [1.165, 1.54) is 6.07 Å². The van der Waals surface area contributed by atoms with E-state index < -0.39 is 12.1 Å². The summed E-state index contributed by atoms with van der Waals surface area (Å²) in [5, 5.41) is 0. The molecule has 1 aromatic heterocycles. The molecule has 0 aliphatic carbocycles. The molecule has 19 heavy (non-hydrogen) atoms. The Morgan fingerprint density at radius 3 is 2.47 bits per heavy atom. The fraction of sp³-hybridized carbons (Fsp3) is 0.455. The van der Waals surface area contributed by atoms with E-state index in [2.05, 4.69) is 4.99 Å². The first-order chi connectivity index (χ1) is 8.95. The zero-order valence-electron chi connectivity index (χ0n) is 10.9. The van der Waals surface area contributed by atoms with Crippen molar-refractivity contribution in [2.45, 2.75) is 27.3 Å². The van der Waals surface area contributed by atoms with Gasteiger partial charge in [0.25, 0.3) is 0 Å². The average molecular weight is 659 g/mol. The van der Waals surface area contributed by atoms with E-state index in [-0.39, 0.29) is 12.4 Å². The number of aliphatic imine (C=N–C) groups is 1. The van der Waals surface area contributed by atoms with Crippen LogP contribution in [0.4, 0.5) is 14.5 Å². The molecule has 6 radical (unpaired) electrons. The molecule has 4 nitrogen and oxygen atoms in total. The normalized spacial score (nSPS) is 9.68. The molecular weight excluding hydrogens is 645 g/mol. The number of aromatic nitrogens is 1. The molecule has 0 amide bonds. The molecule has 0 N–H and O–H groups in total. The van der Waals surface area contributed by atoms with Crippen molar-refractivity contribution in [1.82, 2.24) is 4.57 Å². The van der Waals surface area contributed by atoms with Gasteiger partial charge in [0.05, 0.1) is 0 Å². The van der Waals surface area contributed by atoms with Gasteiger partial charge in [-0.05, 0) is 0 Å². The van der Waals surface area contributed by atoms with Gasteiger partial charge in [-0.2, -0.15) is 0 Å². The van der Waals surface area contributed by atoms with Crippen molar-refractivity contribution in [2.75, 3.05) is 6.61 Å². The molecule has 0 aromatic carbocycles. The Bertz CT molecular complexity index is 486. The predicted octanol–water partition coefficient (Wildman–Crippen LogP) is 1.99. The van der Waals surface area contributed by atoms with Crippen molar-refractivity contribution < 1.29 is 13.5 Å². The summed E-state index contributed by atoms with van der Waals surface area (Å²) < 4.78 is 31.6. The minimum atomic E-state index is -2.89. The van der Waals surface area contributed by atoms with Gasteiger partial charge in [-0.25, -0.2) is 0 Å². The van der Waals surface area contributed by atoms with Gasteiger partial charge in [-0.1, -0.05) is 13.8 Å². The zero-order chi connectivity index (χ0) is 15.0. The van der Waals surface area contributed by atoms with E-state index in [1.54, 1.807) is 6.92 Å². The van der Waals surface area contributed by atoms with Crippen LogP contribution in [0, 0.1) is 0 Å². The zero-order valence-corrected chi connectivity index (χ0v) is 18.7. The Morgan fingerprint density at radius 2 is 2.05 bits per heavy atom. The number of hydrogen-bond acceptors (Lipinski definition) is 3. The first-order valence-electron chi connectivity index (χ1n) is 5.64. The van der Waals surface area contributed by atoms with Crippen LogP contribution in [0.2, 0.25) is 0 Å². The van der Waals surface area contributed by atoms with Gasteiger partial charge in [0, 0.05) is 0 Å². The van der Waals surface area contributed by atoms with E-state index in [1.807, 2.05) is 13.8 Å². The number of pyridine rings is 1. The summed E-state index contributed by atoms with van der Waals surface area (Å²) in [6.45, 7) is 3.05. The topological polar surface area (TPSA) is 43.6 Å². The molecule has 1 rings (SSSR count). The predicted molar refractivity (Wildman–Crippen MR) is 73.1 cm³/mol. The summed E-state index contributed by atoms with van der Waals surface area (Å²) in [7, 11) is 0. The first kappa shape index (κ1) is 19.1. The average Bonchev–Trinajstić information content (AvgIpc) is 2.35. The second kappa shape index (κ2) is 9.94. The van der Waals surface area contributed by atoms with Gasteiger partial charge < -0.3 is 0 Å². The summed E-state index contributed by atoms with van der Waals surface area (Å²) in [6.07, 6.45) is 1.06. The molecule has 0 unspecified atom stereocenters. The summed E-state index contributed by atoms with van der Waals surface area (Å²) in [4.78, 5) is 15.7. The number of alkyl halides is 2. The first-order valence-corrected chi connectivity index (χ1v) is 9.53. The molecule has 0 saturated carbocycles. The number of hydrogen-bond donors (Lipinski definition) is 0. The Morgan fingerprint density at radius 1 is 1.47 bits per heavy atom. The van der Waals surface area contributed by atoms with Crippen LogP contribution < -0.4 is 10.3 Å². The van der Waals surface area contributed by atoms with Crippen LogP contribution in [0.5, 0.6) is 5.75 Å². The van der Waals surface area contributed by atoms with Crippen molar-refractivity contribution in [3.63, 3.8) is 0 Å². The van der Waals surface area contributed by atoms with Crippen LogP contribution in [-0.4, -0.2) is 63.5 Å². The van der Waals surface area contributed by atoms with Crippen LogP contribution in [0.25, 0.3) is 0 Å². The monoisotopic (exact) mass is 660 g/mol. The van der Waals surface area contributed by atoms with Crippen LogP contribution >= 0.6 is 0 Å². The summed E-state index contributed by atoms with van der Waals surface area (Å²) in [5.74, 6) is -0.0846. The van der Waals surface area contributed by atoms with Crippen LogP contribution in [0.15, 0.2) is 22.1 Å². The van der Waals surface area contributed by atoms with E-state index in [9.17, 15) is 13.6 Å². The Kier molecular flexibility index (Phi) is 10.0. The third kappa shape index (κ3) is 6.40. The molecule has 0 aliphatic heterocycles. The van der Waals surface area contributed by atoms with E-state index >= 15 is 0 Å². The maximum atomic E-state index is 12.6. The quantitative estimate of drug-likeness (QED) is 0.367. The van der Waals surface area contributed by atoms with E-state index in [0.29, 0.717) is 10.3 Å². The van der Waals surface area contributed by atoms with Gasteiger partial charge in [-0.3, -0.25) is 0 Å². The summed E-state index contributed by atoms with van der Waals surface area (Å²) >= 11 is 1.58. The Balaban J connectivity index is 0.00000154. The van der Waals surface area contributed by atoms with Gasteiger partial charge in [0.2, 0.25) is 0 Å². The van der Waals surface area contributed by atoms with Crippen LogP contribution in [0.1, 0.15) is 27.3 Å². The molecular formula is C11H14F2N2O2Pb2. The van der Waals surface area contributed by atoms with Crippen molar-refractivity contribution in [3.8, 4) is 5.75 Å². The third-order valence-corrected chi connectivity index (χ3v) is 2.62. The van der Waals surface area contributed by atoms with Gasteiger partial charge in [0.1, 0.15) is 0 Å². The molecule has 0 aliphatic rings. The summed E-state index contributed by atoms with van der Waals surface area (Å²) in [5.41, 5.74) is -0.489. The van der Waals surface area contributed by atoms with Crippen molar-refractivity contribution in [3.05, 3.63) is 22.6 Å². The second-order valence-electron chi connectivity index (χ2n) is 2.95. The molecule has 8 heteroatoms. The van der Waals surface area contributed by atoms with Crippen molar-refractivity contribution in [2.24, 2.45) is 4.99 Å². The molecule has 0 saturated heterocycles. The maximum absolute atomic E-state index is 12.6. The van der Waals surface area contributed by atoms with Gasteiger partial charge >= 0.3 is 130 Å². The molecule has 102 valence electrons. The number of nitrogens with zero attached hydrogens (tertiary/aromatic N) is 2. The standard InChI is InChI=1S/C9H8F2N2O2.C2H6.2Pb/c1-3-15-7-4-6(12-2)5-13(8(7)14)9(10)11;1-2;;/h4-5,9H,3H2,1H3;1-2H3;;. The minimum absolute atomic E-state index is 0.0846. The van der Waals surface area contributed by atoms with Crippen molar-refractivity contribution >= 4 is 58.1 Å². The van der Waals surface area contributed by atoms with Gasteiger partial charge in [-0.15, -0.1) is 0 Å². The fourth-order valence-corrected chi connectivity index (χ4v) is 2.16. The molecule has 1 heterocycles. The number of ether oxygens (including phenoxy) is 1. The van der Waals surface area contributed by atoms with Crippen LogP contribution in [0.3, 0.4) is 0 Å². The molecule has 0 bridgehead atoms. The molecule has 0 atom stereocenters. The van der Waals surface area contributed by atoms with Crippen molar-refractivity contribution in [1.29, 1.82) is 0 Å². The van der Waals surface area contributed by atoms with Gasteiger partial charge in [0.15, 0.2) is 0 Å². The van der Waals surface area contributed by atoms with E-state index in [0.717, 1.165) is 58.6 Å². The van der Waals surface area contributed by atoms with E-state index in [4.69, 9.17) is 4.74 Å². The SMILES string of the molecule is CC.CCOc1cc(N=[C]([Pb])[Pb])cn(C(F)F)c1=O.